The minimum atomic E-state index is -3.22. The Bertz CT molecular complexity index is 1010. The van der Waals surface area contributed by atoms with E-state index >= 15 is 0 Å². The summed E-state index contributed by atoms with van der Waals surface area (Å²) in [6, 6.07) is 14.3. The molecular weight excluding hydrogens is 412 g/mol. The number of hydrogen-bond donors (Lipinski definition) is 0. The highest BCUT2D eigenvalue weighted by Crippen LogP contribution is 2.28. The SMILES string of the molecule is Cc1ccc(-n2nc(Cl)cc2-c2ccc(S(C)(=O)=O)cc2)cc1Br. The van der Waals surface area contributed by atoms with E-state index in [2.05, 4.69) is 21.0 Å². The van der Waals surface area contributed by atoms with E-state index in [-0.39, 0.29) is 4.90 Å². The van der Waals surface area contributed by atoms with E-state index in [0.717, 1.165) is 27.0 Å². The van der Waals surface area contributed by atoms with Crippen LogP contribution in [0.4, 0.5) is 0 Å². The average Bonchev–Trinajstić information content (AvgIpc) is 2.91. The summed E-state index contributed by atoms with van der Waals surface area (Å²) in [5.41, 5.74) is 3.60. The van der Waals surface area contributed by atoms with Gasteiger partial charge in [-0.05, 0) is 36.8 Å². The first-order chi connectivity index (χ1) is 11.3. The molecule has 0 atom stereocenters. The highest BCUT2D eigenvalue weighted by molar-refractivity contribution is 9.10. The van der Waals surface area contributed by atoms with Gasteiger partial charge in [-0.25, -0.2) is 13.1 Å². The fourth-order valence-electron chi connectivity index (χ4n) is 2.34. The van der Waals surface area contributed by atoms with Crippen molar-refractivity contribution in [1.29, 1.82) is 0 Å². The van der Waals surface area contributed by atoms with Crippen LogP contribution in [-0.2, 0) is 9.84 Å². The van der Waals surface area contributed by atoms with Crippen molar-refractivity contribution < 1.29 is 8.42 Å². The van der Waals surface area contributed by atoms with Gasteiger partial charge in [0.05, 0.1) is 16.3 Å². The number of halogens is 2. The third-order valence-corrected chi connectivity index (χ3v) is 5.83. The van der Waals surface area contributed by atoms with E-state index in [9.17, 15) is 8.42 Å². The molecule has 2 aromatic carbocycles. The summed E-state index contributed by atoms with van der Waals surface area (Å²) in [6.45, 7) is 2.01. The molecular formula is C17H14BrClN2O2S. The predicted molar refractivity (Wildman–Crippen MR) is 99.6 cm³/mol. The largest absolute Gasteiger partial charge is 0.232 e. The second-order valence-corrected chi connectivity index (χ2v) is 8.75. The van der Waals surface area contributed by atoms with Gasteiger partial charge in [-0.15, -0.1) is 0 Å². The molecule has 0 unspecified atom stereocenters. The molecule has 0 amide bonds. The summed E-state index contributed by atoms with van der Waals surface area (Å²) in [4.78, 5) is 0.279. The summed E-state index contributed by atoms with van der Waals surface area (Å²) >= 11 is 9.62. The van der Waals surface area contributed by atoms with Gasteiger partial charge >= 0.3 is 0 Å². The summed E-state index contributed by atoms with van der Waals surface area (Å²) in [6.07, 6.45) is 1.19. The van der Waals surface area contributed by atoms with Gasteiger partial charge in [0, 0.05) is 22.4 Å². The molecule has 0 aliphatic heterocycles. The highest BCUT2D eigenvalue weighted by Gasteiger charge is 2.13. The van der Waals surface area contributed by atoms with Crippen LogP contribution < -0.4 is 0 Å². The minimum Gasteiger partial charge on any atom is -0.232 e. The van der Waals surface area contributed by atoms with Crippen molar-refractivity contribution in [3.05, 3.63) is 63.7 Å². The first-order valence-electron chi connectivity index (χ1n) is 7.08. The first kappa shape index (κ1) is 17.2. The van der Waals surface area contributed by atoms with Crippen LogP contribution in [-0.4, -0.2) is 24.5 Å². The van der Waals surface area contributed by atoms with Gasteiger partial charge in [0.1, 0.15) is 0 Å². The van der Waals surface area contributed by atoms with E-state index in [1.54, 1.807) is 35.0 Å². The number of sulfone groups is 1. The molecule has 3 rings (SSSR count). The van der Waals surface area contributed by atoms with Crippen LogP contribution in [0.5, 0.6) is 0 Å². The number of nitrogens with zero attached hydrogens (tertiary/aromatic N) is 2. The van der Waals surface area contributed by atoms with Crippen LogP contribution in [0.3, 0.4) is 0 Å². The first-order valence-corrected chi connectivity index (χ1v) is 10.1. The lowest BCUT2D eigenvalue weighted by Crippen LogP contribution is -2.00. The summed E-state index contributed by atoms with van der Waals surface area (Å²) in [5.74, 6) is 0. The lowest BCUT2D eigenvalue weighted by Gasteiger charge is -2.09. The van der Waals surface area contributed by atoms with Crippen molar-refractivity contribution >= 4 is 37.4 Å². The Balaban J connectivity index is 2.11. The molecule has 0 N–H and O–H groups in total. The average molecular weight is 426 g/mol. The molecule has 0 spiro atoms. The molecule has 24 heavy (non-hydrogen) atoms. The van der Waals surface area contributed by atoms with Crippen LogP contribution >= 0.6 is 27.5 Å². The molecule has 0 aliphatic rings. The van der Waals surface area contributed by atoms with Crippen molar-refractivity contribution in [2.45, 2.75) is 11.8 Å². The minimum absolute atomic E-state index is 0.279. The van der Waals surface area contributed by atoms with Crippen molar-refractivity contribution in [3.8, 4) is 16.9 Å². The predicted octanol–water partition coefficient (Wildman–Crippen LogP) is 4.67. The number of aryl methyl sites for hydroxylation is 1. The maximum Gasteiger partial charge on any atom is 0.175 e. The van der Waals surface area contributed by atoms with Gasteiger partial charge in [-0.2, -0.15) is 5.10 Å². The molecule has 1 heterocycles. The molecule has 0 saturated heterocycles. The second-order valence-electron chi connectivity index (χ2n) is 5.49. The zero-order valence-corrected chi connectivity index (χ0v) is 16.2. The standard InChI is InChI=1S/C17H14BrClN2O2S/c1-11-3-6-13(9-15(11)18)21-16(10-17(19)20-21)12-4-7-14(8-5-12)24(2,22)23/h3-10H,1-2H3. The number of hydrogen-bond acceptors (Lipinski definition) is 3. The molecule has 124 valence electrons. The Labute approximate surface area is 154 Å². The monoisotopic (exact) mass is 424 g/mol. The number of rotatable bonds is 3. The quantitative estimate of drug-likeness (QED) is 0.613. The van der Waals surface area contributed by atoms with Crippen molar-refractivity contribution in [1.82, 2.24) is 9.78 Å². The zero-order valence-electron chi connectivity index (χ0n) is 13.0. The Hall–Kier alpha value is -1.63. The normalized spacial score (nSPS) is 11.7. The van der Waals surface area contributed by atoms with Gasteiger partial charge in [0.15, 0.2) is 15.0 Å². The van der Waals surface area contributed by atoms with E-state index in [1.807, 2.05) is 25.1 Å². The summed E-state index contributed by atoms with van der Waals surface area (Å²) < 4.78 is 25.9. The van der Waals surface area contributed by atoms with Gasteiger partial charge in [0.2, 0.25) is 0 Å². The van der Waals surface area contributed by atoms with E-state index in [1.165, 1.54) is 6.26 Å². The zero-order chi connectivity index (χ0) is 17.5. The third-order valence-electron chi connectivity index (χ3n) is 3.66. The Morgan fingerprint density at radius 2 is 1.75 bits per heavy atom. The molecule has 4 nitrogen and oxygen atoms in total. The Morgan fingerprint density at radius 3 is 2.33 bits per heavy atom. The molecule has 1 aromatic heterocycles. The van der Waals surface area contributed by atoms with Crippen LogP contribution in [0.2, 0.25) is 5.15 Å². The number of benzene rings is 2. The van der Waals surface area contributed by atoms with Gasteiger partial charge in [-0.3, -0.25) is 0 Å². The molecule has 0 bridgehead atoms. The smallest absolute Gasteiger partial charge is 0.175 e. The van der Waals surface area contributed by atoms with E-state index in [4.69, 9.17) is 11.6 Å². The molecule has 3 aromatic rings. The molecule has 0 fully saturated rings. The van der Waals surface area contributed by atoms with Gasteiger partial charge < -0.3 is 0 Å². The summed E-state index contributed by atoms with van der Waals surface area (Å²) in [5, 5.41) is 4.71. The number of aromatic nitrogens is 2. The lowest BCUT2D eigenvalue weighted by atomic mass is 10.1. The topological polar surface area (TPSA) is 52.0 Å². The second kappa shape index (κ2) is 6.35. The fourth-order valence-corrected chi connectivity index (χ4v) is 3.52. The lowest BCUT2D eigenvalue weighted by molar-refractivity contribution is 0.602. The molecule has 0 radical (unpaired) electrons. The Morgan fingerprint density at radius 1 is 1.08 bits per heavy atom. The Kier molecular flexibility index (Phi) is 4.55. The fraction of sp³-hybridized carbons (Fsp3) is 0.118. The van der Waals surface area contributed by atoms with Crippen molar-refractivity contribution in [2.24, 2.45) is 0 Å². The van der Waals surface area contributed by atoms with E-state index in [0.29, 0.717) is 5.15 Å². The van der Waals surface area contributed by atoms with E-state index < -0.39 is 9.84 Å². The third kappa shape index (κ3) is 3.41. The maximum absolute atomic E-state index is 11.6. The highest BCUT2D eigenvalue weighted by atomic mass is 79.9. The van der Waals surface area contributed by atoms with Crippen LogP contribution in [0.15, 0.2) is 57.9 Å². The molecule has 0 saturated carbocycles. The van der Waals surface area contributed by atoms with Crippen molar-refractivity contribution in [3.63, 3.8) is 0 Å². The molecule has 0 aliphatic carbocycles. The van der Waals surface area contributed by atoms with Crippen LogP contribution in [0.25, 0.3) is 16.9 Å². The van der Waals surface area contributed by atoms with Crippen LogP contribution in [0.1, 0.15) is 5.56 Å². The van der Waals surface area contributed by atoms with Gasteiger partial charge in [0.25, 0.3) is 0 Å². The van der Waals surface area contributed by atoms with Crippen molar-refractivity contribution in [2.75, 3.05) is 6.26 Å². The van der Waals surface area contributed by atoms with Gasteiger partial charge in [-0.1, -0.05) is 45.7 Å². The van der Waals surface area contributed by atoms with Crippen LogP contribution in [0, 0.1) is 6.92 Å². The summed E-state index contributed by atoms with van der Waals surface area (Å²) in [7, 11) is -3.22. The molecule has 7 heteroatoms. The maximum atomic E-state index is 11.6.